The summed E-state index contributed by atoms with van der Waals surface area (Å²) in [5.41, 5.74) is 0.942. The van der Waals surface area contributed by atoms with Gasteiger partial charge in [0.05, 0.1) is 23.7 Å². The lowest BCUT2D eigenvalue weighted by atomic mass is 10.2. The zero-order chi connectivity index (χ0) is 15.3. The molecular weight excluding hydrogens is 290 g/mol. The van der Waals surface area contributed by atoms with Crippen LogP contribution in [0.3, 0.4) is 0 Å². The number of nitrogens with one attached hydrogen (secondary N) is 1. The van der Waals surface area contributed by atoms with E-state index in [4.69, 9.17) is 0 Å². The van der Waals surface area contributed by atoms with E-state index in [0.717, 1.165) is 31.9 Å². The summed E-state index contributed by atoms with van der Waals surface area (Å²) in [5.74, 6) is 1.17. The van der Waals surface area contributed by atoms with Crippen molar-refractivity contribution in [1.82, 2.24) is 25.2 Å². The predicted octanol–water partition coefficient (Wildman–Crippen LogP) is -0.246. The van der Waals surface area contributed by atoms with Gasteiger partial charge in [0.25, 0.3) is 0 Å². The van der Waals surface area contributed by atoms with Gasteiger partial charge in [0.2, 0.25) is 0 Å². The molecule has 8 heteroatoms. The van der Waals surface area contributed by atoms with E-state index in [1.54, 1.807) is 0 Å². The smallest absolute Gasteiger partial charge is 0.152 e. The topological polar surface area (TPSA) is 80.1 Å². The third-order valence-electron chi connectivity index (χ3n) is 3.53. The number of hydrogen-bond acceptors (Lipinski definition) is 6. The summed E-state index contributed by atoms with van der Waals surface area (Å²) in [7, 11) is -2.80. The van der Waals surface area contributed by atoms with Gasteiger partial charge in [-0.3, -0.25) is 9.58 Å². The Bertz CT molecular complexity index is 527. The van der Waals surface area contributed by atoms with Gasteiger partial charge in [0, 0.05) is 32.4 Å². The van der Waals surface area contributed by atoms with Crippen LogP contribution in [0.2, 0.25) is 0 Å². The summed E-state index contributed by atoms with van der Waals surface area (Å²) in [6.07, 6.45) is 1.95. The molecular formula is C13H25N5O2S. The molecule has 1 aromatic rings. The molecule has 0 amide bonds. The molecule has 1 aliphatic heterocycles. The molecule has 21 heavy (non-hydrogen) atoms. The minimum Gasteiger partial charge on any atom is -0.311 e. The second kappa shape index (κ2) is 7.33. The summed E-state index contributed by atoms with van der Waals surface area (Å²) < 4.78 is 24.6. The SMILES string of the molecule is CC(C)CNCc1cn(CCN2CCS(=O)(=O)CC2)nn1. The van der Waals surface area contributed by atoms with Crippen molar-refractivity contribution in [3.05, 3.63) is 11.9 Å². The summed E-state index contributed by atoms with van der Waals surface area (Å²) >= 11 is 0. The van der Waals surface area contributed by atoms with Crippen LogP contribution >= 0.6 is 0 Å². The van der Waals surface area contributed by atoms with Crippen molar-refractivity contribution in [2.75, 3.05) is 37.7 Å². The molecule has 1 saturated heterocycles. The Kier molecular flexibility index (Phi) is 5.72. The zero-order valence-corrected chi connectivity index (χ0v) is 13.6. The molecule has 0 radical (unpaired) electrons. The van der Waals surface area contributed by atoms with Gasteiger partial charge in [-0.15, -0.1) is 5.10 Å². The number of rotatable bonds is 7. The van der Waals surface area contributed by atoms with Gasteiger partial charge >= 0.3 is 0 Å². The van der Waals surface area contributed by atoms with Gasteiger partial charge in [-0.1, -0.05) is 19.1 Å². The minimum absolute atomic E-state index is 0.273. The van der Waals surface area contributed by atoms with Gasteiger partial charge in [0.15, 0.2) is 9.84 Å². The second-order valence-electron chi connectivity index (χ2n) is 5.99. The van der Waals surface area contributed by atoms with Crippen LogP contribution in [0.4, 0.5) is 0 Å². The van der Waals surface area contributed by atoms with Gasteiger partial charge in [-0.25, -0.2) is 8.42 Å². The largest absolute Gasteiger partial charge is 0.311 e. The lowest BCUT2D eigenvalue weighted by Gasteiger charge is -2.26. The molecule has 1 fully saturated rings. The van der Waals surface area contributed by atoms with Crippen molar-refractivity contribution in [1.29, 1.82) is 0 Å². The second-order valence-corrected chi connectivity index (χ2v) is 8.29. The van der Waals surface area contributed by atoms with E-state index >= 15 is 0 Å². The minimum atomic E-state index is -2.80. The molecule has 0 aliphatic carbocycles. The first kappa shape index (κ1) is 16.4. The molecule has 1 N–H and O–H groups in total. The lowest BCUT2D eigenvalue weighted by Crippen LogP contribution is -2.41. The number of sulfone groups is 1. The maximum absolute atomic E-state index is 11.4. The molecule has 120 valence electrons. The first-order chi connectivity index (χ1) is 9.94. The number of nitrogens with zero attached hydrogens (tertiary/aromatic N) is 4. The Morgan fingerprint density at radius 3 is 2.67 bits per heavy atom. The van der Waals surface area contributed by atoms with Crippen LogP contribution in [0, 0.1) is 5.92 Å². The van der Waals surface area contributed by atoms with Crippen LogP contribution in [0.5, 0.6) is 0 Å². The fraction of sp³-hybridized carbons (Fsp3) is 0.846. The quantitative estimate of drug-likeness (QED) is 0.748. The number of aromatic nitrogens is 3. The third-order valence-corrected chi connectivity index (χ3v) is 5.14. The molecule has 7 nitrogen and oxygen atoms in total. The molecule has 0 unspecified atom stereocenters. The molecule has 0 atom stereocenters. The van der Waals surface area contributed by atoms with Crippen LogP contribution in [0.25, 0.3) is 0 Å². The standard InChI is InChI=1S/C13H25N5O2S/c1-12(2)9-14-10-13-11-18(16-15-13)4-3-17-5-7-21(19,20)8-6-17/h11-12,14H,3-10H2,1-2H3. The molecule has 0 bridgehead atoms. The van der Waals surface area contributed by atoms with Gasteiger partial charge in [-0.05, 0) is 12.5 Å². The maximum atomic E-state index is 11.4. The Labute approximate surface area is 126 Å². The van der Waals surface area contributed by atoms with E-state index in [9.17, 15) is 8.42 Å². The molecule has 2 rings (SSSR count). The highest BCUT2D eigenvalue weighted by Crippen LogP contribution is 2.04. The highest BCUT2D eigenvalue weighted by molar-refractivity contribution is 7.91. The van der Waals surface area contributed by atoms with Gasteiger partial charge in [0.1, 0.15) is 0 Å². The fourth-order valence-corrected chi connectivity index (χ4v) is 3.51. The Hall–Kier alpha value is -0.990. The van der Waals surface area contributed by atoms with Gasteiger partial charge < -0.3 is 5.32 Å². The highest BCUT2D eigenvalue weighted by atomic mass is 32.2. The Balaban J connectivity index is 1.70. The van der Waals surface area contributed by atoms with E-state index in [2.05, 4.69) is 34.4 Å². The Morgan fingerprint density at radius 1 is 1.29 bits per heavy atom. The van der Waals surface area contributed by atoms with E-state index in [1.807, 2.05) is 10.9 Å². The van der Waals surface area contributed by atoms with Crippen LogP contribution in [0.1, 0.15) is 19.5 Å². The van der Waals surface area contributed by atoms with E-state index in [-0.39, 0.29) is 11.5 Å². The molecule has 1 aromatic heterocycles. The predicted molar refractivity (Wildman–Crippen MR) is 81.7 cm³/mol. The maximum Gasteiger partial charge on any atom is 0.152 e. The van der Waals surface area contributed by atoms with E-state index < -0.39 is 9.84 Å². The van der Waals surface area contributed by atoms with Crippen molar-refractivity contribution in [2.45, 2.75) is 26.9 Å². The summed E-state index contributed by atoms with van der Waals surface area (Å²) in [6, 6.07) is 0. The van der Waals surface area contributed by atoms with Crippen molar-refractivity contribution < 1.29 is 8.42 Å². The van der Waals surface area contributed by atoms with E-state index in [0.29, 0.717) is 19.0 Å². The summed E-state index contributed by atoms with van der Waals surface area (Å²) in [4.78, 5) is 2.17. The van der Waals surface area contributed by atoms with Crippen molar-refractivity contribution >= 4 is 9.84 Å². The first-order valence-electron chi connectivity index (χ1n) is 7.47. The van der Waals surface area contributed by atoms with Crippen LogP contribution in [-0.4, -0.2) is 66.0 Å². The Morgan fingerprint density at radius 2 is 2.00 bits per heavy atom. The van der Waals surface area contributed by atoms with Crippen LogP contribution < -0.4 is 5.32 Å². The number of hydrogen-bond donors (Lipinski definition) is 1. The van der Waals surface area contributed by atoms with Gasteiger partial charge in [-0.2, -0.15) is 0 Å². The summed E-state index contributed by atoms with van der Waals surface area (Å²) in [6.45, 7) is 8.86. The third kappa shape index (κ3) is 5.72. The van der Waals surface area contributed by atoms with Crippen molar-refractivity contribution in [3.63, 3.8) is 0 Å². The molecule has 0 spiro atoms. The van der Waals surface area contributed by atoms with Crippen molar-refractivity contribution in [2.24, 2.45) is 5.92 Å². The first-order valence-corrected chi connectivity index (χ1v) is 9.29. The average molecular weight is 315 g/mol. The molecule has 0 saturated carbocycles. The normalized spacial score (nSPS) is 19.2. The summed E-state index contributed by atoms with van der Waals surface area (Å²) in [5, 5.41) is 11.6. The monoisotopic (exact) mass is 315 g/mol. The zero-order valence-electron chi connectivity index (χ0n) is 12.8. The van der Waals surface area contributed by atoms with Crippen molar-refractivity contribution in [3.8, 4) is 0 Å². The molecule has 2 heterocycles. The van der Waals surface area contributed by atoms with Crippen LogP contribution in [-0.2, 0) is 22.9 Å². The molecule has 0 aromatic carbocycles. The fourth-order valence-electron chi connectivity index (χ4n) is 2.24. The molecule has 1 aliphatic rings. The lowest BCUT2D eigenvalue weighted by molar-refractivity contribution is 0.277. The van der Waals surface area contributed by atoms with E-state index in [1.165, 1.54) is 0 Å². The van der Waals surface area contributed by atoms with Crippen LogP contribution in [0.15, 0.2) is 6.20 Å². The average Bonchev–Trinajstić information content (AvgIpc) is 2.85. The highest BCUT2D eigenvalue weighted by Gasteiger charge is 2.21.